The second kappa shape index (κ2) is 32.7. The number of nitrogens with zero attached hydrogens (tertiary/aromatic N) is 2. The molecule has 0 aromatic heterocycles. The van der Waals surface area contributed by atoms with E-state index in [1.807, 2.05) is 20.8 Å². The van der Waals surface area contributed by atoms with E-state index in [1.54, 1.807) is 4.90 Å². The number of ketones is 2. The van der Waals surface area contributed by atoms with E-state index in [1.165, 1.54) is 62.1 Å². The Morgan fingerprint density at radius 2 is 1.42 bits per heavy atom. The molecule has 0 unspecified atom stereocenters. The first kappa shape index (κ1) is 53.4. The van der Waals surface area contributed by atoms with Gasteiger partial charge in [-0.2, -0.15) is 0 Å². The minimum atomic E-state index is -2.88. The molecule has 0 spiro atoms. The van der Waals surface area contributed by atoms with Crippen molar-refractivity contribution in [1.29, 1.82) is 0 Å². The summed E-state index contributed by atoms with van der Waals surface area (Å²) in [7, 11) is 0. The van der Waals surface area contributed by atoms with Crippen molar-refractivity contribution in [2.24, 2.45) is 16.6 Å². The summed E-state index contributed by atoms with van der Waals surface area (Å²) in [5, 5.41) is 8.12. The van der Waals surface area contributed by atoms with Crippen LogP contribution in [0.2, 0.25) is 0 Å². The van der Waals surface area contributed by atoms with Crippen LogP contribution in [0.4, 0.5) is 8.78 Å². The average molecular weight is 738 g/mol. The van der Waals surface area contributed by atoms with Gasteiger partial charge < -0.3 is 15.7 Å². The lowest BCUT2D eigenvalue weighted by Gasteiger charge is -2.28. The van der Waals surface area contributed by atoms with Crippen LogP contribution in [-0.4, -0.2) is 65.4 Å². The fourth-order valence-electron chi connectivity index (χ4n) is 4.75. The summed E-state index contributed by atoms with van der Waals surface area (Å²) in [5.74, 6) is -2.60. The molecule has 3 N–H and O–H groups in total. The van der Waals surface area contributed by atoms with Gasteiger partial charge in [-0.25, -0.2) is 8.78 Å². The molecule has 1 aliphatic rings. The van der Waals surface area contributed by atoms with Crippen molar-refractivity contribution < 1.29 is 28.3 Å². The fraction of sp³-hybridized carbons (Fsp3) is 0.721. The molecule has 1 aromatic rings. The Kier molecular flexibility index (Phi) is 33.6. The maximum atomic E-state index is 13.7. The van der Waals surface area contributed by atoms with E-state index in [0.29, 0.717) is 25.1 Å². The second-order valence-corrected chi connectivity index (χ2v) is 14.0. The molecule has 1 aromatic carbocycles. The molecule has 302 valence electrons. The molecule has 0 radical (unpaired) electrons. The van der Waals surface area contributed by atoms with Crippen LogP contribution in [0.25, 0.3) is 0 Å². The molecule has 0 atom stereocenters. The monoisotopic (exact) mass is 738 g/mol. The van der Waals surface area contributed by atoms with Gasteiger partial charge in [0.2, 0.25) is 0 Å². The van der Waals surface area contributed by atoms with Gasteiger partial charge in [0.15, 0.2) is 11.6 Å². The number of carbonyl (C=O) groups is 3. The largest absolute Gasteiger partial charge is 0.394 e. The number of hydrogen-bond acceptors (Lipinski definition) is 6. The number of carbonyl (C=O) groups excluding carboxylic acids is 3. The highest BCUT2D eigenvalue weighted by molar-refractivity contribution is 6.09. The van der Waals surface area contributed by atoms with Crippen molar-refractivity contribution in [2.45, 2.75) is 172 Å². The number of unbranched alkanes of at least 4 members (excludes halogenated alkanes) is 3. The summed E-state index contributed by atoms with van der Waals surface area (Å²) < 4.78 is 27.4. The summed E-state index contributed by atoms with van der Waals surface area (Å²) in [6, 6.07) is 6.38. The fourth-order valence-corrected chi connectivity index (χ4v) is 4.75. The van der Waals surface area contributed by atoms with Crippen molar-refractivity contribution in [3.05, 3.63) is 46.2 Å². The van der Waals surface area contributed by atoms with E-state index >= 15 is 0 Å². The molecule has 0 aliphatic heterocycles. The van der Waals surface area contributed by atoms with Gasteiger partial charge in [-0.15, -0.1) is 0 Å². The van der Waals surface area contributed by atoms with Crippen LogP contribution in [0.1, 0.15) is 162 Å². The highest BCUT2D eigenvalue weighted by Crippen LogP contribution is 2.35. The zero-order valence-electron chi connectivity index (χ0n) is 35.2. The second-order valence-electron chi connectivity index (χ2n) is 14.0. The molecule has 7 nitrogen and oxygen atoms in total. The molecule has 1 saturated carbocycles. The summed E-state index contributed by atoms with van der Waals surface area (Å²) in [4.78, 5) is 39.5. The van der Waals surface area contributed by atoms with Crippen molar-refractivity contribution in [3.8, 4) is 0 Å². The lowest BCUT2D eigenvalue weighted by Crippen LogP contribution is -2.38. The Hall–Kier alpha value is -2.94. The SMILES string of the molecule is CCCC.CCCC(=O)CO.CCCCCC(C)C.CCCN(CCC)C(=O)/C(N)=C1\CCC(F)(F)CC1=NCC(C)=O.Cc1cccc(C)c1C. The van der Waals surface area contributed by atoms with E-state index in [2.05, 4.69) is 78.6 Å². The predicted molar refractivity (Wildman–Crippen MR) is 217 cm³/mol. The highest BCUT2D eigenvalue weighted by atomic mass is 19.3. The standard InChI is InChI=1S/C17H27F2N3O2.C9H12.C8H18.C5H10O2.C4H10/c1-4-8-22(9-5-2)16(24)15(20)13-6-7-17(18,19)10-14(13)21-11-12(3)23;1-7-5-4-6-8(2)9(7)3;1-4-5-6-7-8(2)3;1-2-3-5(7)4-6;1-3-4-2/h4-11,20H2,1-3H3;4-6H,1-3H3;8H,4-7H2,1-3H3;6H,2-4H2,1H3;3-4H2,1-2H3/b15-13-,21-14?;;;;. The number of aliphatic hydroxyl groups excluding tert-OH is 1. The molecule has 0 saturated heterocycles. The Morgan fingerprint density at radius 3 is 1.79 bits per heavy atom. The van der Waals surface area contributed by atoms with Gasteiger partial charge in [-0.05, 0) is 76.0 Å². The van der Waals surface area contributed by atoms with Crippen molar-refractivity contribution >= 4 is 23.2 Å². The number of rotatable bonds is 15. The molecule has 2 rings (SSSR count). The summed E-state index contributed by atoms with van der Waals surface area (Å²) in [5.41, 5.74) is 10.6. The first-order valence-electron chi connectivity index (χ1n) is 19.8. The Morgan fingerprint density at radius 1 is 0.885 bits per heavy atom. The molecule has 0 heterocycles. The lowest BCUT2D eigenvalue weighted by atomic mass is 9.88. The number of aliphatic hydroxyl groups is 1. The molecule has 52 heavy (non-hydrogen) atoms. The van der Waals surface area contributed by atoms with Gasteiger partial charge in [-0.1, -0.05) is 112 Å². The lowest BCUT2D eigenvalue weighted by molar-refractivity contribution is -0.127. The minimum Gasteiger partial charge on any atom is -0.394 e. The number of hydrogen-bond donors (Lipinski definition) is 2. The van der Waals surface area contributed by atoms with Gasteiger partial charge in [0.25, 0.3) is 11.8 Å². The Balaban J connectivity index is -0.000000696. The maximum Gasteiger partial charge on any atom is 0.270 e. The van der Waals surface area contributed by atoms with E-state index in [0.717, 1.165) is 25.2 Å². The normalized spacial score (nSPS) is 14.7. The Bertz CT molecular complexity index is 1150. The number of benzene rings is 1. The van der Waals surface area contributed by atoms with Crippen molar-refractivity contribution in [2.75, 3.05) is 26.2 Å². The molecular formula is C43H77F2N3O4. The summed E-state index contributed by atoms with van der Waals surface area (Å²) >= 11 is 0. The van der Waals surface area contributed by atoms with Gasteiger partial charge in [-0.3, -0.25) is 19.4 Å². The third-order valence-corrected chi connectivity index (χ3v) is 8.30. The molecule has 9 heteroatoms. The van der Waals surface area contributed by atoms with E-state index < -0.39 is 12.3 Å². The van der Waals surface area contributed by atoms with E-state index in [-0.39, 0.29) is 54.9 Å². The first-order valence-corrected chi connectivity index (χ1v) is 19.8. The van der Waals surface area contributed by atoms with E-state index in [9.17, 15) is 23.2 Å². The molecule has 1 fully saturated rings. The third-order valence-electron chi connectivity index (χ3n) is 8.30. The van der Waals surface area contributed by atoms with Gasteiger partial charge in [0.1, 0.15) is 12.3 Å². The number of nitrogens with two attached hydrogens (primary N) is 1. The quantitative estimate of drug-likeness (QED) is 0.137. The number of aryl methyl sites for hydroxylation is 2. The summed E-state index contributed by atoms with van der Waals surface area (Å²) in [6.07, 6.45) is 10.2. The average Bonchev–Trinajstić information content (AvgIpc) is 3.09. The van der Waals surface area contributed by atoms with Crippen LogP contribution in [-0.2, 0) is 14.4 Å². The third kappa shape index (κ3) is 27.7. The van der Waals surface area contributed by atoms with Crippen LogP contribution in [0.3, 0.4) is 0 Å². The first-order chi connectivity index (χ1) is 24.4. The predicted octanol–water partition coefficient (Wildman–Crippen LogP) is 10.7. The number of aliphatic imine (C=N–C) groups is 1. The van der Waals surface area contributed by atoms with Gasteiger partial charge in [0.05, 0.1) is 13.0 Å². The maximum absolute atomic E-state index is 13.7. The minimum absolute atomic E-state index is 0.00655. The molecule has 0 bridgehead atoms. The van der Waals surface area contributed by atoms with Crippen LogP contribution >= 0.6 is 0 Å². The van der Waals surface area contributed by atoms with Crippen molar-refractivity contribution in [3.63, 3.8) is 0 Å². The summed E-state index contributed by atoms with van der Waals surface area (Å²) in [6.45, 7) is 25.5. The molecular weight excluding hydrogens is 660 g/mol. The zero-order valence-corrected chi connectivity index (χ0v) is 35.2. The number of amides is 1. The molecule has 1 aliphatic carbocycles. The number of alkyl halides is 2. The van der Waals surface area contributed by atoms with Crippen LogP contribution in [0.15, 0.2) is 34.5 Å². The smallest absolute Gasteiger partial charge is 0.270 e. The van der Waals surface area contributed by atoms with Crippen LogP contribution in [0, 0.1) is 26.7 Å². The molecule has 1 amide bonds. The van der Waals surface area contributed by atoms with Crippen LogP contribution < -0.4 is 5.73 Å². The van der Waals surface area contributed by atoms with Crippen molar-refractivity contribution in [1.82, 2.24) is 4.90 Å². The van der Waals surface area contributed by atoms with E-state index in [4.69, 9.17) is 10.8 Å². The van der Waals surface area contributed by atoms with Gasteiger partial charge in [0, 0.05) is 37.2 Å². The highest BCUT2D eigenvalue weighted by Gasteiger charge is 2.38. The van der Waals surface area contributed by atoms with Crippen LogP contribution in [0.5, 0.6) is 0 Å². The zero-order chi connectivity index (χ0) is 40.7. The van der Waals surface area contributed by atoms with Gasteiger partial charge >= 0.3 is 0 Å². The Labute approximate surface area is 317 Å². The topological polar surface area (TPSA) is 113 Å². The number of Topliss-reactive ketones (excluding diaryl/α,β-unsaturated/α-hetero) is 2. The number of allylic oxidation sites excluding steroid dienone is 1. The number of halogens is 2.